The number of carbonyl (C=O) groups is 3. The fraction of sp³-hybridized carbons (Fsp3) is 0.162. The van der Waals surface area contributed by atoms with Crippen molar-refractivity contribution >= 4 is 35.0 Å². The number of anilines is 2. The van der Waals surface area contributed by atoms with Gasteiger partial charge in [0, 0.05) is 73.0 Å². The lowest BCUT2D eigenvalue weighted by atomic mass is 9.86. The number of aryl methyl sites for hydroxylation is 1. The average Bonchev–Trinajstić information content (AvgIpc) is 3.11. The van der Waals surface area contributed by atoms with Crippen molar-refractivity contribution in [2.75, 3.05) is 10.6 Å². The molecule has 4 N–H and O–H groups in total. The molecule has 12 heteroatoms. The van der Waals surface area contributed by atoms with Gasteiger partial charge in [-0.15, -0.1) is 0 Å². The summed E-state index contributed by atoms with van der Waals surface area (Å²) in [5.74, 6) is -5.87. The van der Waals surface area contributed by atoms with Crippen molar-refractivity contribution in [3.8, 4) is 0 Å². The summed E-state index contributed by atoms with van der Waals surface area (Å²) >= 11 is 0. The molecule has 1 aromatic heterocycles. The molecule has 248 valence electrons. The Balaban J connectivity index is 1.02. The number of amidine groups is 1. The molecule has 0 saturated heterocycles. The number of nitrogens with zero attached hydrogens (tertiary/aromatic N) is 2. The first kappa shape index (κ1) is 32.8. The van der Waals surface area contributed by atoms with Gasteiger partial charge in [-0.2, -0.15) is 4.39 Å². The van der Waals surface area contributed by atoms with E-state index in [-0.39, 0.29) is 23.9 Å². The summed E-state index contributed by atoms with van der Waals surface area (Å²) in [4.78, 5) is 46.1. The highest BCUT2D eigenvalue weighted by atomic mass is 19.1. The number of nitrogens with one attached hydrogen (secondary N) is 3. The number of ether oxygens (including phenoxy) is 1. The lowest BCUT2D eigenvalue weighted by Crippen LogP contribution is -2.24. The predicted octanol–water partition coefficient (Wildman–Crippen LogP) is 6.75. The molecular formula is C37H31F2N5O5. The second-order valence-electron chi connectivity index (χ2n) is 11.6. The van der Waals surface area contributed by atoms with Crippen molar-refractivity contribution < 1.29 is 33.0 Å². The van der Waals surface area contributed by atoms with Crippen LogP contribution in [0.2, 0.25) is 0 Å². The number of allylic oxidation sites excluding steroid dienone is 5. The van der Waals surface area contributed by atoms with Crippen molar-refractivity contribution in [1.82, 2.24) is 10.3 Å². The standard InChI is InChI=1S/C37H31F2N5O5/c1-21-4-10-27(17-30(21)44-31-15-24(12-14-41-31)26-3-2-13-40-20-26)43-37(48)23-7-5-22(6-8-23)19-42-32(45)11-9-25-16-33(46)49-36-28(25)18-29(38)35(47)34(36)39/h2-14,16-17,20,24,28,47H,15,18-19H2,1H3,(H,41,44)(H,42,45)(H,43,48)/b11-9+. The number of aliphatic imine (C=N–C) groups is 1. The van der Waals surface area contributed by atoms with Gasteiger partial charge in [-0.1, -0.05) is 36.4 Å². The van der Waals surface area contributed by atoms with E-state index in [4.69, 9.17) is 4.74 Å². The fourth-order valence-electron chi connectivity index (χ4n) is 5.54. The number of hydrogen-bond acceptors (Lipinski definition) is 8. The maximum Gasteiger partial charge on any atom is 0.336 e. The van der Waals surface area contributed by atoms with E-state index in [1.165, 1.54) is 6.08 Å². The lowest BCUT2D eigenvalue weighted by Gasteiger charge is -2.27. The summed E-state index contributed by atoms with van der Waals surface area (Å²) in [5, 5.41) is 18.5. The molecule has 0 fully saturated rings. The van der Waals surface area contributed by atoms with Crippen LogP contribution in [0.4, 0.5) is 20.2 Å². The predicted molar refractivity (Wildman–Crippen MR) is 180 cm³/mol. The summed E-state index contributed by atoms with van der Waals surface area (Å²) in [5.41, 5.74) is 4.82. The minimum Gasteiger partial charge on any atom is -0.503 e. The van der Waals surface area contributed by atoms with Gasteiger partial charge >= 0.3 is 5.97 Å². The zero-order valence-electron chi connectivity index (χ0n) is 26.2. The second kappa shape index (κ2) is 14.3. The number of aliphatic hydroxyl groups excluding tert-OH is 1. The van der Waals surface area contributed by atoms with Crippen LogP contribution < -0.4 is 16.0 Å². The molecule has 2 amide bonds. The van der Waals surface area contributed by atoms with Gasteiger partial charge < -0.3 is 25.8 Å². The first-order valence-corrected chi connectivity index (χ1v) is 15.4. The molecule has 2 aliphatic heterocycles. The van der Waals surface area contributed by atoms with Crippen LogP contribution in [0.15, 0.2) is 131 Å². The van der Waals surface area contributed by atoms with E-state index in [0.717, 1.165) is 40.4 Å². The van der Waals surface area contributed by atoms with E-state index in [1.54, 1.807) is 36.7 Å². The van der Waals surface area contributed by atoms with Crippen molar-refractivity contribution in [2.24, 2.45) is 10.9 Å². The number of aromatic nitrogens is 1. The summed E-state index contributed by atoms with van der Waals surface area (Å²) in [6.45, 7) is 2.10. The Bertz CT molecular complexity index is 2000. The molecule has 1 aliphatic carbocycles. The van der Waals surface area contributed by atoms with Crippen molar-refractivity contribution in [3.63, 3.8) is 0 Å². The molecule has 3 aromatic rings. The van der Waals surface area contributed by atoms with Crippen LogP contribution in [-0.2, 0) is 20.9 Å². The third kappa shape index (κ3) is 7.70. The normalized spacial score (nSPS) is 18.8. The summed E-state index contributed by atoms with van der Waals surface area (Å²) < 4.78 is 33.1. The number of rotatable bonds is 8. The zero-order valence-corrected chi connectivity index (χ0v) is 26.2. The van der Waals surface area contributed by atoms with Crippen LogP contribution in [-0.4, -0.2) is 33.7 Å². The van der Waals surface area contributed by atoms with E-state index in [1.807, 2.05) is 49.5 Å². The summed E-state index contributed by atoms with van der Waals surface area (Å²) in [6.07, 6.45) is 11.2. The number of aliphatic hydroxyl groups is 1. The minimum absolute atomic E-state index is 0.133. The highest BCUT2D eigenvalue weighted by Crippen LogP contribution is 2.41. The van der Waals surface area contributed by atoms with Crippen LogP contribution in [0.25, 0.3) is 0 Å². The van der Waals surface area contributed by atoms with Gasteiger partial charge in [0.2, 0.25) is 11.7 Å². The van der Waals surface area contributed by atoms with E-state index >= 15 is 0 Å². The van der Waals surface area contributed by atoms with Crippen LogP contribution in [0.3, 0.4) is 0 Å². The molecule has 2 aromatic carbocycles. The SMILES string of the molecule is Cc1ccc(NC(=O)c2ccc(CNC(=O)/C=C/C3=CC(=O)OC4=C(F)C(O)=C(F)CC34)cc2)cc1NC1=NC=CC(c2cccnc2)C1. The summed E-state index contributed by atoms with van der Waals surface area (Å²) in [6, 6.07) is 16.2. The Kier molecular flexibility index (Phi) is 9.56. The third-order valence-corrected chi connectivity index (χ3v) is 8.24. The zero-order chi connectivity index (χ0) is 34.5. The monoisotopic (exact) mass is 663 g/mol. The number of benzene rings is 2. The number of pyridine rings is 1. The number of halogens is 2. The van der Waals surface area contributed by atoms with Gasteiger partial charge in [0.25, 0.3) is 5.91 Å². The molecule has 3 aliphatic rings. The first-order chi connectivity index (χ1) is 23.6. The van der Waals surface area contributed by atoms with Crippen molar-refractivity contribution in [3.05, 3.63) is 148 Å². The Hall–Kier alpha value is -6.17. The molecule has 0 saturated carbocycles. The number of amides is 2. The van der Waals surface area contributed by atoms with Crippen LogP contribution in [0.1, 0.15) is 45.8 Å². The number of hydrogen-bond donors (Lipinski definition) is 4. The molecule has 10 nitrogen and oxygen atoms in total. The van der Waals surface area contributed by atoms with Gasteiger partial charge in [0.15, 0.2) is 11.5 Å². The fourth-order valence-corrected chi connectivity index (χ4v) is 5.54. The third-order valence-electron chi connectivity index (χ3n) is 8.24. The Labute approximate surface area is 280 Å². The molecular weight excluding hydrogens is 632 g/mol. The highest BCUT2D eigenvalue weighted by Gasteiger charge is 2.37. The molecule has 0 radical (unpaired) electrons. The van der Waals surface area contributed by atoms with E-state index < -0.39 is 47.4 Å². The van der Waals surface area contributed by atoms with Gasteiger partial charge in [-0.25, -0.2) is 14.2 Å². The Morgan fingerprint density at radius 3 is 2.69 bits per heavy atom. The number of fused-ring (bicyclic) bond motifs is 1. The van der Waals surface area contributed by atoms with Crippen molar-refractivity contribution in [1.29, 1.82) is 0 Å². The molecule has 0 bridgehead atoms. The quantitative estimate of drug-likeness (QED) is 0.154. The Morgan fingerprint density at radius 1 is 1.10 bits per heavy atom. The topological polar surface area (TPSA) is 142 Å². The van der Waals surface area contributed by atoms with Crippen molar-refractivity contribution in [2.45, 2.75) is 32.2 Å². The average molecular weight is 664 g/mol. The van der Waals surface area contributed by atoms with E-state index in [0.29, 0.717) is 17.7 Å². The minimum atomic E-state index is -1.35. The molecule has 2 unspecified atom stereocenters. The maximum absolute atomic E-state index is 14.3. The van der Waals surface area contributed by atoms with E-state index in [9.17, 15) is 28.3 Å². The summed E-state index contributed by atoms with van der Waals surface area (Å²) in [7, 11) is 0. The molecule has 49 heavy (non-hydrogen) atoms. The van der Waals surface area contributed by atoms with Crippen LogP contribution in [0.5, 0.6) is 0 Å². The Morgan fingerprint density at radius 2 is 1.92 bits per heavy atom. The van der Waals surface area contributed by atoms with Gasteiger partial charge in [-0.05, 0) is 59.5 Å². The highest BCUT2D eigenvalue weighted by molar-refractivity contribution is 6.05. The maximum atomic E-state index is 14.3. The lowest BCUT2D eigenvalue weighted by molar-refractivity contribution is -0.135. The van der Waals surface area contributed by atoms with Crippen LogP contribution >= 0.6 is 0 Å². The van der Waals surface area contributed by atoms with E-state index in [2.05, 4.69) is 25.9 Å². The van der Waals surface area contributed by atoms with Crippen LogP contribution in [0, 0.1) is 12.8 Å². The first-order valence-electron chi connectivity index (χ1n) is 15.4. The number of carbonyl (C=O) groups excluding carboxylic acids is 3. The largest absolute Gasteiger partial charge is 0.503 e. The molecule has 6 rings (SSSR count). The molecule has 2 atom stereocenters. The second-order valence-corrected chi connectivity index (χ2v) is 11.6. The smallest absolute Gasteiger partial charge is 0.336 e. The number of esters is 1. The molecule has 0 spiro atoms. The van der Waals surface area contributed by atoms with Gasteiger partial charge in [0.05, 0.1) is 5.92 Å². The molecule has 3 heterocycles. The van der Waals surface area contributed by atoms with Gasteiger partial charge in [-0.3, -0.25) is 14.6 Å². The van der Waals surface area contributed by atoms with Gasteiger partial charge in [0.1, 0.15) is 11.7 Å².